The highest BCUT2D eigenvalue weighted by Crippen LogP contribution is 2.11. The number of halogens is 1. The Labute approximate surface area is 75.5 Å². The Morgan fingerprint density at radius 2 is 2.23 bits per heavy atom. The summed E-state index contributed by atoms with van der Waals surface area (Å²) in [4.78, 5) is 3.79. The largest absolute Gasteiger partial charge is 0.379 e. The van der Waals surface area contributed by atoms with Crippen LogP contribution in [0.15, 0.2) is 18.3 Å². The third-order valence-corrected chi connectivity index (χ3v) is 1.95. The number of pyridine rings is 1. The highest BCUT2D eigenvalue weighted by atomic mass is 32.2. The monoisotopic (exact) mass is 205 g/mol. The van der Waals surface area contributed by atoms with Crippen molar-refractivity contribution >= 4 is 10.1 Å². The summed E-state index contributed by atoms with van der Waals surface area (Å²) in [5.74, 6) is 0.0169. The first-order chi connectivity index (χ1) is 6.03. The smallest absolute Gasteiger partial charge is 0.339 e. The molecule has 0 fully saturated rings. The molecule has 0 atom stereocenters. The summed E-state index contributed by atoms with van der Waals surface area (Å²) in [5.41, 5.74) is 0.727. The van der Waals surface area contributed by atoms with Crippen LogP contribution in [0.2, 0.25) is 0 Å². The summed E-state index contributed by atoms with van der Waals surface area (Å²) in [7, 11) is -4.09. The predicted molar refractivity (Wildman–Crippen MR) is 44.5 cm³/mol. The van der Waals surface area contributed by atoms with Crippen LogP contribution in [-0.2, 0) is 10.1 Å². The summed E-state index contributed by atoms with van der Waals surface area (Å²) in [6, 6.07) is 1.44. The van der Waals surface area contributed by atoms with Crippen LogP contribution in [0, 0.1) is 6.92 Å². The van der Waals surface area contributed by atoms with Crippen molar-refractivity contribution in [2.24, 2.45) is 0 Å². The number of rotatable bonds is 3. The van der Waals surface area contributed by atoms with Crippen LogP contribution in [0.4, 0.5) is 4.39 Å². The molecule has 1 aromatic heterocycles. The van der Waals surface area contributed by atoms with E-state index in [1.54, 1.807) is 13.0 Å². The van der Waals surface area contributed by atoms with E-state index in [4.69, 9.17) is 0 Å². The van der Waals surface area contributed by atoms with E-state index in [1.807, 2.05) is 0 Å². The first-order valence-electron chi connectivity index (χ1n) is 3.44. The van der Waals surface area contributed by atoms with Crippen LogP contribution in [0.5, 0.6) is 5.75 Å². The lowest BCUT2D eigenvalue weighted by atomic mass is 10.4. The van der Waals surface area contributed by atoms with E-state index in [2.05, 4.69) is 9.17 Å². The molecule has 0 aliphatic rings. The minimum Gasteiger partial charge on any atom is -0.379 e. The summed E-state index contributed by atoms with van der Waals surface area (Å²) in [5, 5.41) is 0. The molecule has 0 bridgehead atoms. The predicted octanol–water partition coefficient (Wildman–Crippen LogP) is 1.03. The van der Waals surface area contributed by atoms with Gasteiger partial charge in [-0.3, -0.25) is 4.98 Å². The highest BCUT2D eigenvalue weighted by molar-refractivity contribution is 7.86. The van der Waals surface area contributed by atoms with E-state index >= 15 is 0 Å². The van der Waals surface area contributed by atoms with Crippen molar-refractivity contribution in [2.45, 2.75) is 6.92 Å². The fourth-order valence-corrected chi connectivity index (χ4v) is 1.11. The standard InChI is InChI=1S/C7H8FNO3S/c1-6-2-3-7(4-9-6)12-13(10,11)5-8/h2-4H,5H2,1H3. The van der Waals surface area contributed by atoms with Crippen molar-refractivity contribution in [2.75, 3.05) is 6.01 Å². The molecule has 0 aliphatic heterocycles. The van der Waals surface area contributed by atoms with Gasteiger partial charge < -0.3 is 4.18 Å². The molecule has 0 amide bonds. The van der Waals surface area contributed by atoms with E-state index in [0.29, 0.717) is 0 Å². The van der Waals surface area contributed by atoms with Gasteiger partial charge in [0.15, 0.2) is 5.75 Å². The molecule has 0 saturated heterocycles. The van der Waals surface area contributed by atoms with Gasteiger partial charge in [-0.25, -0.2) is 4.39 Å². The maximum Gasteiger partial charge on any atom is 0.339 e. The van der Waals surface area contributed by atoms with Gasteiger partial charge in [0.25, 0.3) is 0 Å². The molecule has 4 nitrogen and oxygen atoms in total. The Morgan fingerprint density at radius 3 is 2.69 bits per heavy atom. The lowest BCUT2D eigenvalue weighted by Crippen LogP contribution is -2.10. The van der Waals surface area contributed by atoms with Gasteiger partial charge in [-0.05, 0) is 19.1 Å². The van der Waals surface area contributed by atoms with E-state index in [1.165, 1.54) is 12.3 Å². The molecule has 6 heteroatoms. The number of aromatic nitrogens is 1. The Hall–Kier alpha value is -1.17. The van der Waals surface area contributed by atoms with Crippen LogP contribution in [0.1, 0.15) is 5.69 Å². The Bertz CT molecular complexity index is 373. The van der Waals surface area contributed by atoms with E-state index in [-0.39, 0.29) is 5.75 Å². The van der Waals surface area contributed by atoms with E-state index in [0.717, 1.165) is 5.69 Å². The van der Waals surface area contributed by atoms with Gasteiger partial charge in [0.2, 0.25) is 6.01 Å². The quantitative estimate of drug-likeness (QED) is 0.691. The molecule has 0 spiro atoms. The molecular formula is C7H8FNO3S. The van der Waals surface area contributed by atoms with Gasteiger partial charge in [0.1, 0.15) is 0 Å². The molecule has 0 aliphatic carbocycles. The van der Waals surface area contributed by atoms with Crippen LogP contribution in [0.3, 0.4) is 0 Å². The average molecular weight is 205 g/mol. The van der Waals surface area contributed by atoms with Gasteiger partial charge in [-0.2, -0.15) is 8.42 Å². The van der Waals surface area contributed by atoms with Crippen molar-refractivity contribution in [3.8, 4) is 5.75 Å². The fourth-order valence-electron chi connectivity index (χ4n) is 0.672. The van der Waals surface area contributed by atoms with Crippen molar-refractivity contribution in [1.82, 2.24) is 4.98 Å². The Balaban J connectivity index is 2.82. The van der Waals surface area contributed by atoms with Crippen molar-refractivity contribution in [3.05, 3.63) is 24.0 Å². The second-order valence-electron chi connectivity index (χ2n) is 2.39. The van der Waals surface area contributed by atoms with Gasteiger partial charge >= 0.3 is 10.1 Å². The first-order valence-corrected chi connectivity index (χ1v) is 5.02. The normalized spacial score (nSPS) is 11.2. The molecule has 0 aromatic carbocycles. The second kappa shape index (κ2) is 3.69. The van der Waals surface area contributed by atoms with Gasteiger partial charge in [-0.1, -0.05) is 0 Å². The van der Waals surface area contributed by atoms with Crippen molar-refractivity contribution in [3.63, 3.8) is 0 Å². The Morgan fingerprint density at radius 1 is 1.54 bits per heavy atom. The molecule has 1 rings (SSSR count). The molecule has 0 saturated carbocycles. The maximum atomic E-state index is 11.8. The van der Waals surface area contributed by atoms with E-state index in [9.17, 15) is 12.8 Å². The molecular weight excluding hydrogens is 197 g/mol. The lowest BCUT2D eigenvalue weighted by molar-refractivity contribution is 0.450. The van der Waals surface area contributed by atoms with E-state index < -0.39 is 16.1 Å². The maximum absolute atomic E-state index is 11.8. The third kappa shape index (κ3) is 2.98. The average Bonchev–Trinajstić information content (AvgIpc) is 2.09. The minimum atomic E-state index is -4.09. The number of hydrogen-bond donors (Lipinski definition) is 0. The summed E-state index contributed by atoms with van der Waals surface area (Å²) >= 11 is 0. The zero-order valence-corrected chi connectivity index (χ0v) is 7.71. The zero-order chi connectivity index (χ0) is 9.90. The third-order valence-electron chi connectivity index (χ3n) is 1.24. The number of alkyl halides is 1. The molecule has 1 aromatic rings. The molecule has 72 valence electrons. The topological polar surface area (TPSA) is 56.3 Å². The van der Waals surface area contributed by atoms with Crippen LogP contribution in [0.25, 0.3) is 0 Å². The number of hydrogen-bond acceptors (Lipinski definition) is 4. The van der Waals surface area contributed by atoms with Gasteiger partial charge in [-0.15, -0.1) is 0 Å². The molecule has 0 N–H and O–H groups in total. The minimum absolute atomic E-state index is 0.0169. The summed E-state index contributed by atoms with van der Waals surface area (Å²) in [6.07, 6.45) is 1.22. The summed E-state index contributed by atoms with van der Waals surface area (Å²) in [6.45, 7) is 1.74. The zero-order valence-electron chi connectivity index (χ0n) is 6.90. The second-order valence-corrected chi connectivity index (χ2v) is 3.89. The van der Waals surface area contributed by atoms with Crippen LogP contribution >= 0.6 is 0 Å². The molecule has 0 radical (unpaired) electrons. The molecule has 1 heterocycles. The van der Waals surface area contributed by atoms with Crippen molar-refractivity contribution in [1.29, 1.82) is 0 Å². The van der Waals surface area contributed by atoms with Gasteiger partial charge in [0, 0.05) is 5.69 Å². The highest BCUT2D eigenvalue weighted by Gasteiger charge is 2.11. The lowest BCUT2D eigenvalue weighted by Gasteiger charge is -2.02. The first kappa shape index (κ1) is 9.91. The van der Waals surface area contributed by atoms with Crippen LogP contribution in [-0.4, -0.2) is 19.4 Å². The van der Waals surface area contributed by atoms with Gasteiger partial charge in [0.05, 0.1) is 6.20 Å². The van der Waals surface area contributed by atoms with Crippen LogP contribution < -0.4 is 4.18 Å². The molecule has 13 heavy (non-hydrogen) atoms. The SMILES string of the molecule is Cc1ccc(OS(=O)(=O)CF)cn1. The summed E-state index contributed by atoms with van der Waals surface area (Å²) < 4.78 is 37.4. The molecule has 0 unspecified atom stereocenters. The number of aryl methyl sites for hydroxylation is 1. The Kier molecular flexibility index (Phi) is 2.82. The fraction of sp³-hybridized carbons (Fsp3) is 0.286. The number of nitrogens with zero attached hydrogens (tertiary/aromatic N) is 1. The van der Waals surface area contributed by atoms with Crippen molar-refractivity contribution < 1.29 is 17.0 Å².